The van der Waals surface area contributed by atoms with Gasteiger partial charge in [0.1, 0.15) is 6.10 Å². The van der Waals surface area contributed by atoms with E-state index >= 15 is 0 Å². The van der Waals surface area contributed by atoms with E-state index in [1.54, 1.807) is 0 Å². The third-order valence-corrected chi connectivity index (χ3v) is 4.96. The average Bonchev–Trinajstić information content (AvgIpc) is 2.40. The van der Waals surface area contributed by atoms with Gasteiger partial charge >= 0.3 is 5.97 Å². The summed E-state index contributed by atoms with van der Waals surface area (Å²) in [5.41, 5.74) is 0.651. The molecule has 1 aromatic carbocycles. The fourth-order valence-electron chi connectivity index (χ4n) is 2.57. The van der Waals surface area contributed by atoms with E-state index in [4.69, 9.17) is 4.74 Å². The highest BCUT2D eigenvalue weighted by Crippen LogP contribution is 2.38. The highest BCUT2D eigenvalue weighted by molar-refractivity contribution is 8.01. The van der Waals surface area contributed by atoms with Crippen molar-refractivity contribution in [3.8, 4) is 0 Å². The van der Waals surface area contributed by atoms with Gasteiger partial charge in [-0.1, -0.05) is 45.4 Å². The Labute approximate surface area is 126 Å². The summed E-state index contributed by atoms with van der Waals surface area (Å²) in [6.45, 7) is 6.67. The quantitative estimate of drug-likeness (QED) is 0.756. The molecule has 1 fully saturated rings. The number of carbonyl (C=O) groups is 1. The van der Waals surface area contributed by atoms with Crippen LogP contribution in [0.1, 0.15) is 56.8 Å². The summed E-state index contributed by atoms with van der Waals surface area (Å²) < 4.78 is 5.98. The van der Waals surface area contributed by atoms with Crippen molar-refractivity contribution in [2.75, 3.05) is 0 Å². The summed E-state index contributed by atoms with van der Waals surface area (Å²) in [5, 5.41) is 0.427. The molecular weight excluding hydrogens is 268 g/mol. The van der Waals surface area contributed by atoms with Gasteiger partial charge in [-0.05, 0) is 31.4 Å². The van der Waals surface area contributed by atoms with Crippen molar-refractivity contribution in [2.24, 2.45) is 0 Å². The second-order valence-corrected chi connectivity index (χ2v) is 8.43. The molecule has 1 aliphatic carbocycles. The number of esters is 1. The maximum absolute atomic E-state index is 12.2. The smallest absolute Gasteiger partial charge is 0.338 e. The maximum atomic E-state index is 12.2. The van der Waals surface area contributed by atoms with Crippen molar-refractivity contribution in [1.29, 1.82) is 0 Å². The van der Waals surface area contributed by atoms with Gasteiger partial charge in [-0.3, -0.25) is 0 Å². The normalized spacial score (nSPS) is 23.4. The first-order valence-electron chi connectivity index (χ1n) is 7.39. The van der Waals surface area contributed by atoms with Gasteiger partial charge in [-0.15, -0.1) is 11.8 Å². The highest BCUT2D eigenvalue weighted by atomic mass is 32.2. The molecule has 0 unspecified atom stereocenters. The minimum atomic E-state index is -0.183. The van der Waals surface area contributed by atoms with E-state index in [9.17, 15) is 4.79 Å². The number of thioether (sulfide) groups is 1. The molecule has 1 aliphatic rings. The van der Waals surface area contributed by atoms with Crippen LogP contribution in [0.3, 0.4) is 0 Å². The van der Waals surface area contributed by atoms with E-state index in [-0.39, 0.29) is 16.8 Å². The Morgan fingerprint density at radius 2 is 1.80 bits per heavy atom. The Kier molecular flexibility index (Phi) is 5.14. The summed E-state index contributed by atoms with van der Waals surface area (Å²) in [4.78, 5) is 12.2. The van der Waals surface area contributed by atoms with Crippen molar-refractivity contribution in [3.63, 3.8) is 0 Å². The van der Waals surface area contributed by atoms with E-state index in [1.807, 2.05) is 42.1 Å². The number of ether oxygens (including phenoxy) is 1. The summed E-state index contributed by atoms with van der Waals surface area (Å²) in [7, 11) is 0. The summed E-state index contributed by atoms with van der Waals surface area (Å²) >= 11 is 1.95. The molecule has 0 aliphatic heterocycles. The summed E-state index contributed by atoms with van der Waals surface area (Å²) in [5.74, 6) is -0.183. The molecule has 0 spiro atoms. The lowest BCUT2D eigenvalue weighted by Crippen LogP contribution is -2.34. The van der Waals surface area contributed by atoms with Crippen molar-refractivity contribution in [1.82, 2.24) is 0 Å². The minimum absolute atomic E-state index is 0.0562. The Bertz CT molecular complexity index is 436. The highest BCUT2D eigenvalue weighted by Gasteiger charge is 2.32. The zero-order valence-corrected chi connectivity index (χ0v) is 13.4. The monoisotopic (exact) mass is 292 g/mol. The first-order chi connectivity index (χ1) is 9.46. The Morgan fingerprint density at radius 3 is 2.45 bits per heavy atom. The van der Waals surface area contributed by atoms with E-state index in [2.05, 4.69) is 20.8 Å². The molecule has 0 radical (unpaired) electrons. The van der Waals surface area contributed by atoms with Gasteiger partial charge in [0.15, 0.2) is 0 Å². The molecule has 3 heteroatoms. The Balaban J connectivity index is 2.00. The van der Waals surface area contributed by atoms with Crippen LogP contribution in [0.2, 0.25) is 0 Å². The van der Waals surface area contributed by atoms with E-state index in [0.717, 1.165) is 19.3 Å². The van der Waals surface area contributed by atoms with Gasteiger partial charge < -0.3 is 4.74 Å². The SMILES string of the molecule is CC(C)(C)S[C@H]1CCCC[C@@H]1OC(=O)c1ccccc1. The molecule has 2 nitrogen and oxygen atoms in total. The third-order valence-electron chi connectivity index (χ3n) is 3.41. The molecule has 2 rings (SSSR count). The zero-order valence-electron chi connectivity index (χ0n) is 12.6. The van der Waals surface area contributed by atoms with Gasteiger partial charge in [0.25, 0.3) is 0 Å². The van der Waals surface area contributed by atoms with Crippen LogP contribution in [0.25, 0.3) is 0 Å². The fraction of sp³-hybridized carbons (Fsp3) is 0.588. The molecule has 110 valence electrons. The lowest BCUT2D eigenvalue weighted by atomic mass is 9.97. The largest absolute Gasteiger partial charge is 0.458 e. The van der Waals surface area contributed by atoms with Crippen molar-refractivity contribution >= 4 is 17.7 Å². The molecule has 1 saturated carbocycles. The molecule has 0 saturated heterocycles. The summed E-state index contributed by atoms with van der Waals surface area (Å²) in [6.07, 6.45) is 4.60. The lowest BCUT2D eigenvalue weighted by Gasteiger charge is -2.34. The van der Waals surface area contributed by atoms with E-state index < -0.39 is 0 Å². The second-order valence-electron chi connectivity index (χ2n) is 6.36. The topological polar surface area (TPSA) is 26.3 Å². The maximum Gasteiger partial charge on any atom is 0.338 e. The van der Waals surface area contributed by atoms with Gasteiger partial charge in [-0.2, -0.15) is 0 Å². The number of benzene rings is 1. The summed E-state index contributed by atoms with van der Waals surface area (Å²) in [6, 6.07) is 9.29. The van der Waals surface area contributed by atoms with Crippen LogP contribution >= 0.6 is 11.8 Å². The van der Waals surface area contributed by atoms with Gasteiger partial charge in [0.05, 0.1) is 5.56 Å². The zero-order chi connectivity index (χ0) is 14.6. The molecular formula is C17H24O2S. The van der Waals surface area contributed by atoms with Crippen LogP contribution in [0, 0.1) is 0 Å². The molecule has 0 heterocycles. The molecule has 20 heavy (non-hydrogen) atoms. The van der Waals surface area contributed by atoms with Crippen LogP contribution in [0.5, 0.6) is 0 Å². The molecule has 0 amide bonds. The standard InChI is InChI=1S/C17H24O2S/c1-17(2,3)20-15-12-8-7-11-14(15)19-16(18)13-9-5-4-6-10-13/h4-6,9-10,14-15H,7-8,11-12H2,1-3H3/t14-,15-/m0/s1. The van der Waals surface area contributed by atoms with Gasteiger partial charge in [-0.25, -0.2) is 4.79 Å². The van der Waals surface area contributed by atoms with Crippen molar-refractivity contribution in [3.05, 3.63) is 35.9 Å². The number of rotatable bonds is 3. The first-order valence-corrected chi connectivity index (χ1v) is 8.27. The van der Waals surface area contributed by atoms with Gasteiger partial charge in [0.2, 0.25) is 0 Å². The first kappa shape index (κ1) is 15.4. The second kappa shape index (κ2) is 6.66. The molecule has 0 N–H and O–H groups in total. The van der Waals surface area contributed by atoms with Crippen molar-refractivity contribution < 1.29 is 9.53 Å². The van der Waals surface area contributed by atoms with Crippen molar-refractivity contribution in [2.45, 2.75) is 62.6 Å². The van der Waals surface area contributed by atoms with Crippen LogP contribution < -0.4 is 0 Å². The average molecular weight is 292 g/mol. The van der Waals surface area contributed by atoms with E-state index in [0.29, 0.717) is 10.8 Å². The predicted molar refractivity (Wildman–Crippen MR) is 85.2 cm³/mol. The Hall–Kier alpha value is -0.960. The number of carbonyl (C=O) groups excluding carboxylic acids is 1. The third kappa shape index (κ3) is 4.55. The van der Waals surface area contributed by atoms with Crippen LogP contribution in [0.4, 0.5) is 0 Å². The van der Waals surface area contributed by atoms with Crippen LogP contribution in [0.15, 0.2) is 30.3 Å². The molecule has 0 bridgehead atoms. The Morgan fingerprint density at radius 1 is 1.15 bits per heavy atom. The molecule has 1 aromatic rings. The van der Waals surface area contributed by atoms with E-state index in [1.165, 1.54) is 6.42 Å². The fourth-order valence-corrected chi connectivity index (χ4v) is 4.10. The number of hydrogen-bond donors (Lipinski definition) is 0. The molecule has 2 atom stereocenters. The minimum Gasteiger partial charge on any atom is -0.458 e. The molecule has 0 aromatic heterocycles. The number of hydrogen-bond acceptors (Lipinski definition) is 3. The van der Waals surface area contributed by atoms with Crippen LogP contribution in [-0.2, 0) is 4.74 Å². The van der Waals surface area contributed by atoms with Gasteiger partial charge in [0, 0.05) is 10.00 Å². The predicted octanol–water partition coefficient (Wildman–Crippen LogP) is 4.69. The van der Waals surface area contributed by atoms with Crippen LogP contribution in [-0.4, -0.2) is 22.1 Å². The lowest BCUT2D eigenvalue weighted by molar-refractivity contribution is 0.0228.